The molecule has 2 N–H and O–H groups in total. The van der Waals surface area contributed by atoms with Crippen molar-refractivity contribution in [3.63, 3.8) is 0 Å². The molecule has 1 saturated heterocycles. The number of benzene rings is 2. The van der Waals surface area contributed by atoms with Crippen molar-refractivity contribution >= 4 is 11.6 Å². The monoisotopic (exact) mass is 341 g/mol. The standard InChI is InChI=1S/C20H24N2O3/c1-15-12-22(13-16(2)24-15)14-20(23)21-17-8-10-19(11-9-17)25-18-6-4-3-5-7-18/h3-11,15-16H,12-14H2,1-2H3,(H,21,23)/p+1/t15-,16+. The Balaban J connectivity index is 1.51. The van der Waals surface area contributed by atoms with Crippen LogP contribution in [0.3, 0.4) is 0 Å². The number of anilines is 1. The van der Waals surface area contributed by atoms with Crippen LogP contribution < -0.4 is 15.0 Å². The van der Waals surface area contributed by atoms with Crippen molar-refractivity contribution in [2.75, 3.05) is 25.0 Å². The van der Waals surface area contributed by atoms with Crippen LogP contribution in [0.25, 0.3) is 0 Å². The topological polar surface area (TPSA) is 52.0 Å². The van der Waals surface area contributed by atoms with Gasteiger partial charge >= 0.3 is 0 Å². The number of carbonyl (C=O) groups excluding carboxylic acids is 1. The van der Waals surface area contributed by atoms with E-state index < -0.39 is 0 Å². The molecular weight excluding hydrogens is 316 g/mol. The van der Waals surface area contributed by atoms with E-state index in [4.69, 9.17) is 9.47 Å². The molecule has 3 atom stereocenters. The molecule has 1 aliphatic heterocycles. The van der Waals surface area contributed by atoms with Crippen molar-refractivity contribution in [1.29, 1.82) is 0 Å². The van der Waals surface area contributed by atoms with Gasteiger partial charge in [-0.15, -0.1) is 0 Å². The first-order valence-electron chi connectivity index (χ1n) is 8.70. The Morgan fingerprint density at radius 3 is 2.28 bits per heavy atom. The zero-order valence-corrected chi connectivity index (χ0v) is 14.7. The first-order chi connectivity index (χ1) is 12.1. The fraction of sp³-hybridized carbons (Fsp3) is 0.350. The lowest BCUT2D eigenvalue weighted by Gasteiger charge is -2.31. The van der Waals surface area contributed by atoms with Crippen LogP contribution >= 0.6 is 0 Å². The van der Waals surface area contributed by atoms with Gasteiger partial charge in [0.15, 0.2) is 6.54 Å². The van der Waals surface area contributed by atoms with Gasteiger partial charge in [0.05, 0.1) is 0 Å². The Labute approximate surface area is 148 Å². The first-order valence-corrected chi connectivity index (χ1v) is 8.70. The average molecular weight is 341 g/mol. The fourth-order valence-electron chi connectivity index (χ4n) is 3.20. The number of hydrogen-bond donors (Lipinski definition) is 2. The predicted molar refractivity (Wildman–Crippen MR) is 97.2 cm³/mol. The summed E-state index contributed by atoms with van der Waals surface area (Å²) in [6.45, 7) is 6.29. The Morgan fingerprint density at radius 2 is 1.64 bits per heavy atom. The van der Waals surface area contributed by atoms with Gasteiger partial charge < -0.3 is 19.7 Å². The van der Waals surface area contributed by atoms with E-state index in [2.05, 4.69) is 19.2 Å². The van der Waals surface area contributed by atoms with Crippen LogP contribution in [0.1, 0.15) is 13.8 Å². The Hall–Kier alpha value is -2.37. The van der Waals surface area contributed by atoms with Crippen molar-refractivity contribution < 1.29 is 19.2 Å². The van der Waals surface area contributed by atoms with Gasteiger partial charge in [0, 0.05) is 5.69 Å². The van der Waals surface area contributed by atoms with E-state index in [1.54, 1.807) is 0 Å². The summed E-state index contributed by atoms with van der Waals surface area (Å²) in [4.78, 5) is 13.5. The first kappa shape index (κ1) is 17.5. The molecule has 1 unspecified atom stereocenters. The maximum Gasteiger partial charge on any atom is 0.279 e. The van der Waals surface area contributed by atoms with Crippen LogP contribution in [0.4, 0.5) is 5.69 Å². The number of para-hydroxylation sites is 1. The minimum Gasteiger partial charge on any atom is -0.457 e. The normalized spacial score (nSPS) is 23.0. The maximum absolute atomic E-state index is 12.3. The summed E-state index contributed by atoms with van der Waals surface area (Å²) < 4.78 is 11.5. The van der Waals surface area contributed by atoms with Gasteiger partial charge in [-0.25, -0.2) is 0 Å². The van der Waals surface area contributed by atoms with E-state index in [1.807, 2.05) is 54.6 Å². The number of ether oxygens (including phenoxy) is 2. The van der Waals surface area contributed by atoms with E-state index >= 15 is 0 Å². The molecule has 0 aromatic heterocycles. The summed E-state index contributed by atoms with van der Waals surface area (Å²) in [6, 6.07) is 17.0. The molecule has 2 aromatic rings. The highest BCUT2D eigenvalue weighted by Crippen LogP contribution is 2.22. The highest BCUT2D eigenvalue weighted by molar-refractivity contribution is 5.91. The van der Waals surface area contributed by atoms with Crippen LogP contribution in [0.15, 0.2) is 54.6 Å². The lowest BCUT2D eigenvalue weighted by Crippen LogP contribution is -3.16. The molecule has 0 saturated carbocycles. The zero-order valence-electron chi connectivity index (χ0n) is 14.7. The number of morpholine rings is 1. The van der Waals surface area contributed by atoms with Crippen molar-refractivity contribution in [3.8, 4) is 11.5 Å². The van der Waals surface area contributed by atoms with E-state index in [0.717, 1.165) is 30.3 Å². The number of amides is 1. The van der Waals surface area contributed by atoms with Crippen LogP contribution in [-0.4, -0.2) is 37.7 Å². The lowest BCUT2D eigenvalue weighted by molar-refractivity contribution is -0.907. The SMILES string of the molecule is C[C@@H]1C[NH+](CC(=O)Nc2ccc(Oc3ccccc3)cc2)C[C@H](C)O1. The quantitative estimate of drug-likeness (QED) is 0.876. The summed E-state index contributed by atoms with van der Waals surface area (Å²) in [5.74, 6) is 1.55. The number of quaternary nitrogens is 1. The molecule has 25 heavy (non-hydrogen) atoms. The number of nitrogens with one attached hydrogen (secondary N) is 2. The van der Waals surface area contributed by atoms with E-state index in [1.165, 1.54) is 4.90 Å². The van der Waals surface area contributed by atoms with Crippen molar-refractivity contribution in [2.24, 2.45) is 0 Å². The van der Waals surface area contributed by atoms with Gasteiger partial charge in [-0.05, 0) is 50.2 Å². The molecule has 0 aliphatic carbocycles. The largest absolute Gasteiger partial charge is 0.457 e. The number of rotatable bonds is 5. The van der Waals surface area contributed by atoms with Crippen molar-refractivity contribution in [1.82, 2.24) is 0 Å². The molecule has 5 heteroatoms. The molecule has 0 bridgehead atoms. The summed E-state index contributed by atoms with van der Waals surface area (Å²) >= 11 is 0. The second-order valence-electron chi connectivity index (χ2n) is 6.58. The van der Waals surface area contributed by atoms with Gasteiger partial charge in [-0.1, -0.05) is 18.2 Å². The van der Waals surface area contributed by atoms with Crippen molar-refractivity contribution in [2.45, 2.75) is 26.1 Å². The summed E-state index contributed by atoms with van der Waals surface area (Å²) in [5, 5.41) is 2.95. The molecule has 2 aromatic carbocycles. The molecule has 1 heterocycles. The van der Waals surface area contributed by atoms with E-state index in [9.17, 15) is 4.79 Å². The van der Waals surface area contributed by atoms with Gasteiger partial charge in [-0.3, -0.25) is 4.79 Å². The second kappa shape index (κ2) is 8.14. The van der Waals surface area contributed by atoms with Crippen LogP contribution in [0.2, 0.25) is 0 Å². The van der Waals surface area contributed by atoms with Gasteiger partial charge in [0.25, 0.3) is 5.91 Å². The van der Waals surface area contributed by atoms with Crippen LogP contribution in [0.5, 0.6) is 11.5 Å². The zero-order chi connectivity index (χ0) is 17.6. The van der Waals surface area contributed by atoms with Gasteiger partial charge in [0.2, 0.25) is 0 Å². The maximum atomic E-state index is 12.3. The van der Waals surface area contributed by atoms with E-state index in [-0.39, 0.29) is 18.1 Å². The third kappa shape index (κ3) is 5.31. The number of carbonyl (C=O) groups is 1. The molecule has 5 nitrogen and oxygen atoms in total. The fourth-order valence-corrected chi connectivity index (χ4v) is 3.20. The molecular formula is C20H25N2O3+. The smallest absolute Gasteiger partial charge is 0.279 e. The molecule has 1 fully saturated rings. The average Bonchev–Trinajstić information content (AvgIpc) is 2.56. The summed E-state index contributed by atoms with van der Waals surface area (Å²) in [6.07, 6.45) is 0.391. The molecule has 0 radical (unpaired) electrons. The third-order valence-corrected chi connectivity index (χ3v) is 4.14. The van der Waals surface area contributed by atoms with E-state index in [0.29, 0.717) is 6.54 Å². The van der Waals surface area contributed by atoms with Crippen LogP contribution in [-0.2, 0) is 9.53 Å². The van der Waals surface area contributed by atoms with Gasteiger partial charge in [-0.2, -0.15) is 0 Å². The summed E-state index contributed by atoms with van der Waals surface area (Å²) in [5.41, 5.74) is 0.777. The van der Waals surface area contributed by atoms with Crippen molar-refractivity contribution in [3.05, 3.63) is 54.6 Å². The Bertz CT molecular complexity index is 678. The molecule has 1 aliphatic rings. The molecule has 132 valence electrons. The minimum absolute atomic E-state index is 0.0213. The minimum atomic E-state index is 0.0213. The Morgan fingerprint density at radius 1 is 1.04 bits per heavy atom. The number of hydrogen-bond acceptors (Lipinski definition) is 3. The van der Waals surface area contributed by atoms with Gasteiger partial charge in [0.1, 0.15) is 36.8 Å². The highest BCUT2D eigenvalue weighted by Gasteiger charge is 2.27. The van der Waals surface area contributed by atoms with Crippen LogP contribution in [0, 0.1) is 0 Å². The summed E-state index contributed by atoms with van der Waals surface area (Å²) in [7, 11) is 0. The molecule has 1 amide bonds. The lowest BCUT2D eigenvalue weighted by atomic mass is 10.2. The third-order valence-electron chi connectivity index (χ3n) is 4.14. The molecule has 0 spiro atoms. The molecule has 3 rings (SSSR count). The second-order valence-corrected chi connectivity index (χ2v) is 6.58. The predicted octanol–water partition coefficient (Wildman–Crippen LogP) is 2.11. The highest BCUT2D eigenvalue weighted by atomic mass is 16.5. The Kier molecular flexibility index (Phi) is 5.68.